The van der Waals surface area contributed by atoms with Gasteiger partial charge < -0.3 is 14.2 Å². The first kappa shape index (κ1) is 27.1. The lowest BCUT2D eigenvalue weighted by Gasteiger charge is -2.45. The van der Waals surface area contributed by atoms with Gasteiger partial charge in [-0.15, -0.1) is 0 Å². The number of fused-ring (bicyclic) bond motifs is 3. The van der Waals surface area contributed by atoms with E-state index < -0.39 is 0 Å². The van der Waals surface area contributed by atoms with Crippen LogP contribution < -0.4 is 4.74 Å². The highest BCUT2D eigenvalue weighted by molar-refractivity contribution is 5.94. The predicted molar refractivity (Wildman–Crippen MR) is 165 cm³/mol. The first-order valence-electron chi connectivity index (χ1n) is 15.6. The van der Waals surface area contributed by atoms with Crippen molar-refractivity contribution in [3.8, 4) is 5.88 Å². The minimum absolute atomic E-state index is 0.0641. The zero-order valence-electron chi connectivity index (χ0n) is 24.8. The standard InChI is InChI=1S/C35H41N5O2/c1-25-37-31-10-6-7-11-32(31)40(25)30-22-28-13-14-29(23-30)39(28)21-18-35(27-8-4-3-5-9-27)16-19-38(20-17-35)34(41)26-12-15-33(42-2)36-24-26/h3-12,15,24,28-30H,13-14,16-23H2,1-2H3. The number of hydrogen-bond donors (Lipinski definition) is 0. The van der Waals surface area contributed by atoms with Gasteiger partial charge in [-0.1, -0.05) is 42.5 Å². The summed E-state index contributed by atoms with van der Waals surface area (Å²) in [5.74, 6) is 1.73. The summed E-state index contributed by atoms with van der Waals surface area (Å²) < 4.78 is 7.69. The fraction of sp³-hybridized carbons (Fsp3) is 0.457. The highest BCUT2D eigenvalue weighted by Gasteiger charge is 2.44. The lowest BCUT2D eigenvalue weighted by molar-refractivity contribution is 0.0606. The number of pyridine rings is 1. The number of likely N-dealkylation sites (tertiary alicyclic amines) is 1. The van der Waals surface area contributed by atoms with Crippen LogP contribution in [0, 0.1) is 6.92 Å². The quantitative estimate of drug-likeness (QED) is 0.269. The van der Waals surface area contributed by atoms with Gasteiger partial charge in [-0.05, 0) is 87.6 Å². The zero-order valence-corrected chi connectivity index (χ0v) is 24.8. The van der Waals surface area contributed by atoms with Crippen LogP contribution in [0.25, 0.3) is 11.0 Å². The Kier molecular flexibility index (Phi) is 7.22. The van der Waals surface area contributed by atoms with Crippen molar-refractivity contribution in [2.24, 2.45) is 0 Å². The van der Waals surface area contributed by atoms with Gasteiger partial charge in [-0.25, -0.2) is 9.97 Å². The van der Waals surface area contributed by atoms with E-state index in [2.05, 4.69) is 76.0 Å². The third-order valence-electron chi connectivity index (χ3n) is 10.4. The average molecular weight is 564 g/mol. The third kappa shape index (κ3) is 4.87. The largest absolute Gasteiger partial charge is 0.481 e. The van der Waals surface area contributed by atoms with Gasteiger partial charge in [0, 0.05) is 43.5 Å². The molecule has 7 nitrogen and oxygen atoms in total. The monoisotopic (exact) mass is 563 g/mol. The van der Waals surface area contributed by atoms with E-state index >= 15 is 0 Å². The Hall–Kier alpha value is -3.71. The van der Waals surface area contributed by atoms with Gasteiger partial charge >= 0.3 is 0 Å². The van der Waals surface area contributed by atoms with E-state index in [9.17, 15) is 4.79 Å². The summed E-state index contributed by atoms with van der Waals surface area (Å²) in [6, 6.07) is 25.0. The number of hydrogen-bond acceptors (Lipinski definition) is 5. The Labute approximate surface area is 248 Å². The van der Waals surface area contributed by atoms with Crippen LogP contribution in [0.3, 0.4) is 0 Å². The number of carbonyl (C=O) groups is 1. The van der Waals surface area contributed by atoms with Crippen molar-refractivity contribution in [3.63, 3.8) is 0 Å². The van der Waals surface area contributed by atoms with Crippen molar-refractivity contribution in [1.29, 1.82) is 0 Å². The fourth-order valence-electron chi connectivity index (χ4n) is 8.21. The molecule has 4 aromatic rings. The average Bonchev–Trinajstić information content (AvgIpc) is 3.50. The molecular weight excluding hydrogens is 522 g/mol. The number of para-hydroxylation sites is 2. The van der Waals surface area contributed by atoms with Crippen LogP contribution in [0.5, 0.6) is 5.88 Å². The van der Waals surface area contributed by atoms with Crippen LogP contribution in [0.15, 0.2) is 72.9 Å². The molecule has 2 atom stereocenters. The first-order valence-corrected chi connectivity index (χ1v) is 15.6. The van der Waals surface area contributed by atoms with Gasteiger partial charge in [0.1, 0.15) is 5.82 Å². The van der Waals surface area contributed by atoms with E-state index in [1.54, 1.807) is 19.4 Å². The van der Waals surface area contributed by atoms with E-state index in [1.165, 1.54) is 36.8 Å². The van der Waals surface area contributed by atoms with Gasteiger partial charge in [0.15, 0.2) is 0 Å². The van der Waals surface area contributed by atoms with E-state index in [4.69, 9.17) is 9.72 Å². The van der Waals surface area contributed by atoms with Crippen LogP contribution in [-0.4, -0.2) is 69.1 Å². The van der Waals surface area contributed by atoms with Crippen molar-refractivity contribution >= 4 is 16.9 Å². The number of aromatic nitrogens is 3. The minimum Gasteiger partial charge on any atom is -0.481 e. The maximum absolute atomic E-state index is 13.3. The molecule has 2 aromatic carbocycles. The van der Waals surface area contributed by atoms with Crippen LogP contribution in [0.4, 0.5) is 0 Å². The number of benzene rings is 2. The summed E-state index contributed by atoms with van der Waals surface area (Å²) in [6.07, 6.45) is 9.73. The number of ether oxygens (including phenoxy) is 1. The Morgan fingerprint density at radius 2 is 1.64 bits per heavy atom. The number of piperidine rings is 2. The second-order valence-electron chi connectivity index (χ2n) is 12.5. The lowest BCUT2D eigenvalue weighted by atomic mass is 9.70. The van der Waals surface area contributed by atoms with Crippen LogP contribution in [-0.2, 0) is 5.41 Å². The molecule has 0 saturated carbocycles. The molecule has 7 heteroatoms. The van der Waals surface area contributed by atoms with Gasteiger partial charge in [-0.2, -0.15) is 0 Å². The molecule has 3 aliphatic rings. The molecule has 2 bridgehead atoms. The third-order valence-corrected chi connectivity index (χ3v) is 10.4. The van der Waals surface area contributed by atoms with Gasteiger partial charge in [0.25, 0.3) is 5.91 Å². The summed E-state index contributed by atoms with van der Waals surface area (Å²) in [4.78, 5) is 27.3. The van der Waals surface area contributed by atoms with Crippen LogP contribution in [0.2, 0.25) is 0 Å². The Balaban J connectivity index is 1.05. The Morgan fingerprint density at radius 1 is 0.929 bits per heavy atom. The van der Waals surface area contributed by atoms with E-state index in [0.717, 1.165) is 50.2 Å². The summed E-state index contributed by atoms with van der Waals surface area (Å²) in [6.45, 7) is 4.82. The molecule has 3 aliphatic heterocycles. The van der Waals surface area contributed by atoms with Crippen molar-refractivity contribution in [2.45, 2.75) is 75.4 Å². The van der Waals surface area contributed by atoms with Crippen molar-refractivity contribution in [2.75, 3.05) is 26.7 Å². The fourth-order valence-corrected chi connectivity index (χ4v) is 8.21. The van der Waals surface area contributed by atoms with Crippen LogP contribution >= 0.6 is 0 Å². The normalized spacial score (nSPS) is 23.8. The summed E-state index contributed by atoms with van der Waals surface area (Å²) in [7, 11) is 1.59. The van der Waals surface area contributed by atoms with Crippen LogP contribution in [0.1, 0.15) is 72.7 Å². The topological polar surface area (TPSA) is 63.5 Å². The molecule has 1 amide bonds. The highest BCUT2D eigenvalue weighted by atomic mass is 16.5. The highest BCUT2D eigenvalue weighted by Crippen LogP contribution is 2.45. The summed E-state index contributed by atoms with van der Waals surface area (Å²) in [5, 5.41) is 0. The smallest absolute Gasteiger partial charge is 0.255 e. The van der Waals surface area contributed by atoms with E-state index in [1.807, 2.05) is 11.0 Å². The Bertz CT molecular complexity index is 1530. The maximum Gasteiger partial charge on any atom is 0.255 e. The maximum atomic E-state index is 13.3. The molecule has 2 aromatic heterocycles. The Morgan fingerprint density at radius 3 is 2.33 bits per heavy atom. The van der Waals surface area contributed by atoms with Crippen molar-refractivity contribution in [1.82, 2.24) is 24.3 Å². The number of aryl methyl sites for hydroxylation is 1. The molecule has 7 rings (SSSR count). The number of imidazole rings is 1. The number of carbonyl (C=O) groups excluding carboxylic acids is 1. The van der Waals surface area contributed by atoms with Crippen molar-refractivity contribution < 1.29 is 9.53 Å². The molecular formula is C35H41N5O2. The number of nitrogens with zero attached hydrogens (tertiary/aromatic N) is 5. The zero-order chi connectivity index (χ0) is 28.7. The first-order chi connectivity index (χ1) is 20.5. The van der Waals surface area contributed by atoms with Gasteiger partial charge in [-0.3, -0.25) is 9.69 Å². The molecule has 3 saturated heterocycles. The summed E-state index contributed by atoms with van der Waals surface area (Å²) in [5.41, 5.74) is 4.53. The SMILES string of the molecule is COc1ccc(C(=O)N2CCC(CCN3C4CCC3CC(n3c(C)nc5ccccc53)C4)(c3ccccc3)CC2)cn1. The van der Waals surface area contributed by atoms with Crippen molar-refractivity contribution in [3.05, 3.63) is 89.9 Å². The molecule has 0 radical (unpaired) electrons. The minimum atomic E-state index is 0.0641. The number of rotatable bonds is 7. The predicted octanol–water partition coefficient (Wildman–Crippen LogP) is 6.18. The van der Waals surface area contributed by atoms with E-state index in [-0.39, 0.29) is 11.3 Å². The van der Waals surface area contributed by atoms with E-state index in [0.29, 0.717) is 29.6 Å². The second-order valence-corrected chi connectivity index (χ2v) is 12.5. The lowest BCUT2D eigenvalue weighted by Crippen LogP contribution is -2.49. The molecule has 42 heavy (non-hydrogen) atoms. The number of amides is 1. The second kappa shape index (κ2) is 11.2. The molecule has 3 fully saturated rings. The number of methoxy groups -OCH3 is 1. The molecule has 0 spiro atoms. The molecule has 218 valence electrons. The molecule has 2 unspecified atom stereocenters. The molecule has 5 heterocycles. The molecule has 0 N–H and O–H groups in total. The molecule has 0 aliphatic carbocycles. The van der Waals surface area contributed by atoms with Gasteiger partial charge in [0.2, 0.25) is 5.88 Å². The van der Waals surface area contributed by atoms with Gasteiger partial charge in [0.05, 0.1) is 23.7 Å². The summed E-state index contributed by atoms with van der Waals surface area (Å²) >= 11 is 0.